The van der Waals surface area contributed by atoms with Gasteiger partial charge in [-0.25, -0.2) is 4.98 Å². The molecule has 6 heteroatoms. The topological polar surface area (TPSA) is 47.5 Å². The van der Waals surface area contributed by atoms with Crippen molar-refractivity contribution >= 4 is 17.5 Å². The average molecular weight is 387 g/mol. The summed E-state index contributed by atoms with van der Waals surface area (Å²) in [4.78, 5) is 17.2. The number of likely N-dealkylation sites (N-methyl/N-ethyl adjacent to an activating group) is 1. The SMILES string of the molecule is CCC1CN(C)c2cnc(NC(C)C3CCN(C)CC3)nc2N1C1CCCC1. The first-order chi connectivity index (χ1) is 13.6. The molecule has 1 saturated carbocycles. The first-order valence-electron chi connectivity index (χ1n) is 11.4. The Morgan fingerprint density at radius 2 is 1.86 bits per heavy atom. The molecule has 156 valence electrons. The van der Waals surface area contributed by atoms with Gasteiger partial charge in [0.2, 0.25) is 5.95 Å². The van der Waals surface area contributed by atoms with Crippen LogP contribution in [0.5, 0.6) is 0 Å². The van der Waals surface area contributed by atoms with E-state index in [2.05, 4.69) is 48.0 Å². The first-order valence-corrected chi connectivity index (χ1v) is 11.4. The van der Waals surface area contributed by atoms with Crippen molar-refractivity contribution in [2.24, 2.45) is 5.92 Å². The molecule has 2 unspecified atom stereocenters. The monoisotopic (exact) mass is 386 g/mol. The Bertz CT molecular complexity index is 650. The van der Waals surface area contributed by atoms with Gasteiger partial charge in [0.05, 0.1) is 11.9 Å². The van der Waals surface area contributed by atoms with E-state index in [9.17, 15) is 0 Å². The van der Waals surface area contributed by atoms with Gasteiger partial charge in [-0.3, -0.25) is 0 Å². The van der Waals surface area contributed by atoms with Crippen LogP contribution in [0.15, 0.2) is 6.20 Å². The molecule has 0 aromatic carbocycles. The van der Waals surface area contributed by atoms with E-state index in [0.717, 1.165) is 18.3 Å². The lowest BCUT2D eigenvalue weighted by Gasteiger charge is -2.45. The summed E-state index contributed by atoms with van der Waals surface area (Å²) < 4.78 is 0. The third kappa shape index (κ3) is 3.93. The Morgan fingerprint density at radius 1 is 1.14 bits per heavy atom. The van der Waals surface area contributed by atoms with E-state index in [1.165, 1.54) is 63.7 Å². The largest absolute Gasteiger partial charge is 0.368 e. The van der Waals surface area contributed by atoms with Crippen LogP contribution >= 0.6 is 0 Å². The summed E-state index contributed by atoms with van der Waals surface area (Å²) in [6.45, 7) is 8.07. The zero-order valence-electron chi connectivity index (χ0n) is 18.2. The van der Waals surface area contributed by atoms with Crippen molar-refractivity contribution < 1.29 is 0 Å². The molecule has 28 heavy (non-hydrogen) atoms. The summed E-state index contributed by atoms with van der Waals surface area (Å²) in [6.07, 6.45) is 11.0. The molecule has 2 atom stereocenters. The highest BCUT2D eigenvalue weighted by Gasteiger charge is 2.36. The van der Waals surface area contributed by atoms with Crippen molar-refractivity contribution in [3.8, 4) is 0 Å². The number of piperidine rings is 1. The molecule has 3 aliphatic rings. The minimum atomic E-state index is 0.412. The molecule has 0 bridgehead atoms. The highest BCUT2D eigenvalue weighted by atomic mass is 15.3. The minimum Gasteiger partial charge on any atom is -0.368 e. The third-order valence-corrected chi connectivity index (χ3v) is 7.30. The van der Waals surface area contributed by atoms with Gasteiger partial charge in [0.25, 0.3) is 0 Å². The number of hydrogen-bond acceptors (Lipinski definition) is 6. The van der Waals surface area contributed by atoms with Crippen molar-refractivity contribution in [1.29, 1.82) is 0 Å². The van der Waals surface area contributed by atoms with Crippen LogP contribution in [-0.2, 0) is 0 Å². The maximum absolute atomic E-state index is 5.09. The van der Waals surface area contributed by atoms with Gasteiger partial charge in [-0.1, -0.05) is 19.8 Å². The standard InChI is InChI=1S/C22H38N6/c1-5-18-15-27(4)20-14-23-22(24-16(2)17-10-12-26(3)13-11-17)25-21(20)28(18)19-8-6-7-9-19/h14,16-19H,5-13,15H2,1-4H3,(H,23,24,25). The van der Waals surface area contributed by atoms with E-state index in [-0.39, 0.29) is 0 Å². The molecule has 0 radical (unpaired) electrons. The number of nitrogens with one attached hydrogen (secondary N) is 1. The van der Waals surface area contributed by atoms with E-state index < -0.39 is 0 Å². The summed E-state index contributed by atoms with van der Waals surface area (Å²) in [5.41, 5.74) is 1.19. The Kier molecular flexibility index (Phi) is 5.95. The maximum atomic E-state index is 5.09. The zero-order valence-corrected chi connectivity index (χ0v) is 18.2. The molecular weight excluding hydrogens is 348 g/mol. The van der Waals surface area contributed by atoms with Crippen LogP contribution in [0.1, 0.15) is 58.8 Å². The highest BCUT2D eigenvalue weighted by Crippen LogP contribution is 2.39. The Hall–Kier alpha value is -1.56. The second kappa shape index (κ2) is 8.44. The number of fused-ring (bicyclic) bond motifs is 1. The van der Waals surface area contributed by atoms with Crippen LogP contribution in [0.4, 0.5) is 17.5 Å². The van der Waals surface area contributed by atoms with Gasteiger partial charge in [-0.05, 0) is 65.1 Å². The molecular formula is C22H38N6. The molecule has 2 fully saturated rings. The average Bonchev–Trinajstić information content (AvgIpc) is 3.22. The minimum absolute atomic E-state index is 0.412. The molecule has 0 amide bonds. The second-order valence-corrected chi connectivity index (χ2v) is 9.26. The number of likely N-dealkylation sites (tertiary alicyclic amines) is 1. The lowest BCUT2D eigenvalue weighted by molar-refractivity contribution is 0.208. The molecule has 6 nitrogen and oxygen atoms in total. The summed E-state index contributed by atoms with van der Waals surface area (Å²) in [7, 11) is 4.41. The van der Waals surface area contributed by atoms with Crippen molar-refractivity contribution in [3.63, 3.8) is 0 Å². The predicted molar refractivity (Wildman–Crippen MR) is 117 cm³/mol. The molecule has 3 heterocycles. The molecule has 1 aliphatic carbocycles. The Morgan fingerprint density at radius 3 is 2.54 bits per heavy atom. The van der Waals surface area contributed by atoms with Crippen molar-refractivity contribution in [2.45, 2.75) is 76.9 Å². The predicted octanol–water partition coefficient (Wildman–Crippen LogP) is 3.60. The molecule has 0 spiro atoms. The van der Waals surface area contributed by atoms with Crippen molar-refractivity contribution in [2.75, 3.05) is 48.8 Å². The normalized spacial score (nSPS) is 25.8. The fourth-order valence-corrected chi connectivity index (χ4v) is 5.40. The molecule has 1 saturated heterocycles. The molecule has 1 aromatic heterocycles. The van der Waals surface area contributed by atoms with Crippen LogP contribution < -0.4 is 15.1 Å². The second-order valence-electron chi connectivity index (χ2n) is 9.26. The quantitative estimate of drug-likeness (QED) is 0.834. The first kappa shape index (κ1) is 19.7. The number of anilines is 3. The molecule has 2 aliphatic heterocycles. The number of hydrogen-bond donors (Lipinski definition) is 1. The summed E-state index contributed by atoms with van der Waals surface area (Å²) >= 11 is 0. The Labute approximate surface area is 170 Å². The van der Waals surface area contributed by atoms with E-state index in [1.807, 2.05) is 6.20 Å². The zero-order chi connectivity index (χ0) is 19.7. The summed E-state index contributed by atoms with van der Waals surface area (Å²) in [5, 5.41) is 3.65. The number of aromatic nitrogens is 2. The van der Waals surface area contributed by atoms with E-state index in [1.54, 1.807) is 0 Å². The number of rotatable bonds is 5. The molecule has 1 aromatic rings. The lowest BCUT2D eigenvalue weighted by atomic mass is 9.91. The van der Waals surface area contributed by atoms with Gasteiger partial charge in [0.1, 0.15) is 0 Å². The van der Waals surface area contributed by atoms with Crippen molar-refractivity contribution in [1.82, 2.24) is 14.9 Å². The fourth-order valence-electron chi connectivity index (χ4n) is 5.40. The van der Waals surface area contributed by atoms with Crippen LogP contribution in [0.25, 0.3) is 0 Å². The summed E-state index contributed by atoms with van der Waals surface area (Å²) in [6, 6.07) is 1.61. The van der Waals surface area contributed by atoms with E-state index in [4.69, 9.17) is 9.97 Å². The van der Waals surface area contributed by atoms with Crippen LogP contribution in [0.3, 0.4) is 0 Å². The van der Waals surface area contributed by atoms with Crippen LogP contribution in [-0.4, -0.2) is 66.7 Å². The number of nitrogens with zero attached hydrogens (tertiary/aromatic N) is 5. The lowest BCUT2D eigenvalue weighted by Crippen LogP contribution is -2.52. The molecule has 1 N–H and O–H groups in total. The highest BCUT2D eigenvalue weighted by molar-refractivity contribution is 5.71. The van der Waals surface area contributed by atoms with E-state index in [0.29, 0.717) is 24.0 Å². The van der Waals surface area contributed by atoms with Gasteiger partial charge < -0.3 is 20.0 Å². The van der Waals surface area contributed by atoms with Gasteiger partial charge >= 0.3 is 0 Å². The van der Waals surface area contributed by atoms with E-state index >= 15 is 0 Å². The van der Waals surface area contributed by atoms with Crippen molar-refractivity contribution in [3.05, 3.63) is 6.20 Å². The van der Waals surface area contributed by atoms with Gasteiger partial charge in [0.15, 0.2) is 5.82 Å². The fraction of sp³-hybridized carbons (Fsp3) is 0.818. The van der Waals surface area contributed by atoms with Crippen LogP contribution in [0.2, 0.25) is 0 Å². The van der Waals surface area contributed by atoms with Gasteiger partial charge in [0, 0.05) is 31.7 Å². The van der Waals surface area contributed by atoms with Gasteiger partial charge in [-0.15, -0.1) is 0 Å². The van der Waals surface area contributed by atoms with Crippen LogP contribution in [0, 0.1) is 5.92 Å². The smallest absolute Gasteiger partial charge is 0.224 e. The maximum Gasteiger partial charge on any atom is 0.224 e. The van der Waals surface area contributed by atoms with Gasteiger partial charge in [-0.2, -0.15) is 4.98 Å². The Balaban J connectivity index is 1.55. The molecule has 4 rings (SSSR count). The third-order valence-electron chi connectivity index (χ3n) is 7.30. The summed E-state index contributed by atoms with van der Waals surface area (Å²) in [5.74, 6) is 2.66.